The molecule has 3 heterocycles. The average Bonchev–Trinajstić information content (AvgIpc) is 3.10. The minimum atomic E-state index is -0.0167. The average molecular weight is 303 g/mol. The van der Waals surface area contributed by atoms with Crippen LogP contribution in [0.3, 0.4) is 0 Å². The molecule has 22 heavy (non-hydrogen) atoms. The number of nitrogens with one attached hydrogen (secondary N) is 1. The van der Waals surface area contributed by atoms with Crippen molar-refractivity contribution >= 4 is 11.9 Å². The zero-order valence-electron chi connectivity index (χ0n) is 13.3. The second kappa shape index (κ2) is 7.05. The highest BCUT2D eigenvalue weighted by Gasteiger charge is 2.28. The number of hydrogen-bond donors (Lipinski definition) is 1. The molecule has 2 aliphatic heterocycles. The number of likely N-dealkylation sites (tertiary alicyclic amines) is 1. The summed E-state index contributed by atoms with van der Waals surface area (Å²) in [7, 11) is 1.71. The Balaban J connectivity index is 1.64. The van der Waals surface area contributed by atoms with Crippen LogP contribution in [-0.2, 0) is 11.3 Å². The Bertz CT molecular complexity index is 498. The summed E-state index contributed by atoms with van der Waals surface area (Å²) in [5.41, 5.74) is 1.08. The normalized spacial score (nSPS) is 22.8. The highest BCUT2D eigenvalue weighted by molar-refractivity contribution is 5.81. The van der Waals surface area contributed by atoms with Gasteiger partial charge in [-0.25, -0.2) is 9.97 Å². The van der Waals surface area contributed by atoms with E-state index >= 15 is 0 Å². The third kappa shape index (κ3) is 3.38. The maximum Gasteiger partial charge on any atom is 0.237 e. The molecule has 2 saturated heterocycles. The molecule has 6 nitrogen and oxygen atoms in total. The number of anilines is 1. The molecular formula is C16H25N5O. The van der Waals surface area contributed by atoms with E-state index < -0.39 is 0 Å². The van der Waals surface area contributed by atoms with Gasteiger partial charge in [-0.3, -0.25) is 9.69 Å². The summed E-state index contributed by atoms with van der Waals surface area (Å²) in [4.78, 5) is 25.5. The van der Waals surface area contributed by atoms with Gasteiger partial charge in [0.25, 0.3) is 0 Å². The monoisotopic (exact) mass is 303 g/mol. The van der Waals surface area contributed by atoms with Gasteiger partial charge in [0.2, 0.25) is 11.9 Å². The first-order chi connectivity index (χ1) is 10.8. The van der Waals surface area contributed by atoms with E-state index in [2.05, 4.69) is 25.1 Å². The fourth-order valence-electron chi connectivity index (χ4n) is 3.39. The molecule has 0 bridgehead atoms. The Hall–Kier alpha value is -1.69. The fraction of sp³-hybridized carbons (Fsp3) is 0.688. The zero-order chi connectivity index (χ0) is 15.4. The fourth-order valence-corrected chi connectivity index (χ4v) is 3.39. The van der Waals surface area contributed by atoms with Crippen LogP contribution in [0.2, 0.25) is 0 Å². The molecule has 0 saturated carbocycles. The molecule has 0 unspecified atom stereocenters. The van der Waals surface area contributed by atoms with Crippen LogP contribution in [0.4, 0.5) is 5.95 Å². The number of rotatable bonds is 4. The van der Waals surface area contributed by atoms with Gasteiger partial charge in [-0.2, -0.15) is 0 Å². The second-order valence-electron chi connectivity index (χ2n) is 6.18. The van der Waals surface area contributed by atoms with Gasteiger partial charge in [-0.05, 0) is 32.2 Å². The van der Waals surface area contributed by atoms with Crippen LogP contribution in [-0.4, -0.2) is 53.5 Å². The number of piperidine rings is 1. The van der Waals surface area contributed by atoms with E-state index in [0.29, 0.717) is 0 Å². The third-order valence-electron chi connectivity index (χ3n) is 4.63. The van der Waals surface area contributed by atoms with Gasteiger partial charge >= 0.3 is 0 Å². The highest BCUT2D eigenvalue weighted by Crippen LogP contribution is 2.20. The number of hydrogen-bond acceptors (Lipinski definition) is 5. The molecule has 1 aromatic rings. The number of amides is 1. The van der Waals surface area contributed by atoms with Crippen LogP contribution >= 0.6 is 0 Å². The van der Waals surface area contributed by atoms with Crippen LogP contribution in [0.1, 0.15) is 37.7 Å². The Kier molecular flexibility index (Phi) is 4.87. The molecule has 6 heteroatoms. The maximum atomic E-state index is 12.0. The van der Waals surface area contributed by atoms with Crippen molar-refractivity contribution in [2.24, 2.45) is 0 Å². The minimum absolute atomic E-state index is 0.0167. The van der Waals surface area contributed by atoms with Crippen molar-refractivity contribution < 1.29 is 4.79 Å². The van der Waals surface area contributed by atoms with Gasteiger partial charge in [-0.15, -0.1) is 0 Å². The van der Waals surface area contributed by atoms with Gasteiger partial charge in [0, 0.05) is 44.6 Å². The Morgan fingerprint density at radius 2 is 1.86 bits per heavy atom. The molecule has 2 aliphatic rings. The van der Waals surface area contributed by atoms with E-state index in [9.17, 15) is 4.79 Å². The number of likely N-dealkylation sites (N-methyl/N-ethyl adjacent to an activating group) is 1. The molecule has 120 valence electrons. The first kappa shape index (κ1) is 15.2. The SMILES string of the molecule is CNC(=O)[C@H]1CCCCN1Cc1cnc(N2CCCC2)nc1. The van der Waals surface area contributed by atoms with Gasteiger partial charge in [0.15, 0.2) is 0 Å². The predicted octanol–water partition coefficient (Wildman–Crippen LogP) is 1.18. The van der Waals surface area contributed by atoms with Crippen molar-refractivity contribution in [2.75, 3.05) is 31.6 Å². The predicted molar refractivity (Wildman–Crippen MR) is 85.6 cm³/mol. The summed E-state index contributed by atoms with van der Waals surface area (Å²) in [6.07, 6.45) is 9.50. The summed E-state index contributed by atoms with van der Waals surface area (Å²) in [5, 5.41) is 2.78. The summed E-state index contributed by atoms with van der Waals surface area (Å²) in [6, 6.07) is -0.0167. The molecule has 3 rings (SSSR count). The molecule has 0 radical (unpaired) electrons. The number of carbonyl (C=O) groups is 1. The molecule has 1 amide bonds. The first-order valence-electron chi connectivity index (χ1n) is 8.29. The summed E-state index contributed by atoms with van der Waals surface area (Å²) in [5.74, 6) is 0.956. The van der Waals surface area contributed by atoms with E-state index in [0.717, 1.165) is 57.0 Å². The molecule has 0 aliphatic carbocycles. The topological polar surface area (TPSA) is 61.4 Å². The van der Waals surface area contributed by atoms with Crippen molar-refractivity contribution in [1.82, 2.24) is 20.2 Å². The smallest absolute Gasteiger partial charge is 0.237 e. The van der Waals surface area contributed by atoms with Crippen LogP contribution in [0.15, 0.2) is 12.4 Å². The van der Waals surface area contributed by atoms with Crippen molar-refractivity contribution in [2.45, 2.75) is 44.7 Å². The van der Waals surface area contributed by atoms with E-state index in [1.807, 2.05) is 12.4 Å². The lowest BCUT2D eigenvalue weighted by molar-refractivity contribution is -0.127. The molecule has 0 spiro atoms. The van der Waals surface area contributed by atoms with Crippen molar-refractivity contribution in [1.29, 1.82) is 0 Å². The number of aromatic nitrogens is 2. The minimum Gasteiger partial charge on any atom is -0.358 e. The molecular weight excluding hydrogens is 278 g/mol. The first-order valence-corrected chi connectivity index (χ1v) is 8.29. The van der Waals surface area contributed by atoms with Gasteiger partial charge in [-0.1, -0.05) is 6.42 Å². The lowest BCUT2D eigenvalue weighted by Crippen LogP contribution is -2.48. The highest BCUT2D eigenvalue weighted by atomic mass is 16.2. The Morgan fingerprint density at radius 3 is 2.55 bits per heavy atom. The van der Waals surface area contributed by atoms with Crippen LogP contribution < -0.4 is 10.2 Å². The number of carbonyl (C=O) groups excluding carboxylic acids is 1. The molecule has 1 aromatic heterocycles. The third-order valence-corrected chi connectivity index (χ3v) is 4.63. The van der Waals surface area contributed by atoms with Gasteiger partial charge in [0.1, 0.15) is 0 Å². The van der Waals surface area contributed by atoms with Crippen LogP contribution in [0.25, 0.3) is 0 Å². The molecule has 1 N–H and O–H groups in total. The van der Waals surface area contributed by atoms with E-state index in [1.165, 1.54) is 12.8 Å². The standard InChI is InChI=1S/C16H25N5O/c1-17-15(22)14-6-2-3-9-21(14)12-13-10-18-16(19-11-13)20-7-4-5-8-20/h10-11,14H,2-9,12H2,1H3,(H,17,22)/t14-/m1/s1. The zero-order valence-corrected chi connectivity index (χ0v) is 13.3. The summed E-state index contributed by atoms with van der Waals surface area (Å²) < 4.78 is 0. The van der Waals surface area contributed by atoms with Crippen LogP contribution in [0, 0.1) is 0 Å². The van der Waals surface area contributed by atoms with Crippen molar-refractivity contribution in [3.05, 3.63) is 18.0 Å². The molecule has 0 aromatic carbocycles. The van der Waals surface area contributed by atoms with Gasteiger partial charge in [0.05, 0.1) is 6.04 Å². The lowest BCUT2D eigenvalue weighted by atomic mass is 10.0. The lowest BCUT2D eigenvalue weighted by Gasteiger charge is -2.34. The molecule has 1 atom stereocenters. The van der Waals surface area contributed by atoms with Gasteiger partial charge < -0.3 is 10.2 Å². The van der Waals surface area contributed by atoms with Crippen molar-refractivity contribution in [3.8, 4) is 0 Å². The Morgan fingerprint density at radius 1 is 1.18 bits per heavy atom. The van der Waals surface area contributed by atoms with Crippen molar-refractivity contribution in [3.63, 3.8) is 0 Å². The summed E-state index contributed by atoms with van der Waals surface area (Å²) in [6.45, 7) is 3.83. The van der Waals surface area contributed by atoms with Crippen LogP contribution in [0.5, 0.6) is 0 Å². The quantitative estimate of drug-likeness (QED) is 0.905. The van der Waals surface area contributed by atoms with E-state index in [-0.39, 0.29) is 11.9 Å². The maximum absolute atomic E-state index is 12.0. The molecule has 2 fully saturated rings. The van der Waals surface area contributed by atoms with E-state index in [4.69, 9.17) is 0 Å². The second-order valence-corrected chi connectivity index (χ2v) is 6.18. The number of nitrogens with zero attached hydrogens (tertiary/aromatic N) is 4. The van der Waals surface area contributed by atoms with E-state index in [1.54, 1.807) is 7.05 Å². The summed E-state index contributed by atoms with van der Waals surface area (Å²) >= 11 is 0. The Labute approximate surface area is 131 Å². The largest absolute Gasteiger partial charge is 0.358 e.